The number of anilines is 1. The van der Waals surface area contributed by atoms with Crippen LogP contribution >= 0.6 is 0 Å². The second-order valence-corrected chi connectivity index (χ2v) is 11.3. The average Bonchev–Trinajstić information content (AvgIpc) is 2.85. The molecule has 0 unspecified atom stereocenters. The van der Waals surface area contributed by atoms with Crippen molar-refractivity contribution in [3.8, 4) is 0 Å². The van der Waals surface area contributed by atoms with Crippen molar-refractivity contribution >= 4 is 21.6 Å². The lowest BCUT2D eigenvalue weighted by Crippen LogP contribution is -2.48. The molecule has 0 spiro atoms. The minimum Gasteiger partial charge on any atom is -0.322 e. The van der Waals surface area contributed by atoms with Gasteiger partial charge in [-0.1, -0.05) is 61.9 Å². The Balaban J connectivity index is 1.37. The van der Waals surface area contributed by atoms with Gasteiger partial charge in [0.1, 0.15) is 0 Å². The number of rotatable bonds is 7. The number of aryl methyl sites for hydroxylation is 1. The zero-order valence-electron chi connectivity index (χ0n) is 20.6. The molecule has 0 aliphatic carbocycles. The Morgan fingerprint density at radius 2 is 1.60 bits per heavy atom. The third-order valence-corrected chi connectivity index (χ3v) is 8.33. The summed E-state index contributed by atoms with van der Waals surface area (Å²) in [4.78, 5) is 15.5. The van der Waals surface area contributed by atoms with Crippen LogP contribution in [0.4, 0.5) is 5.69 Å². The summed E-state index contributed by atoms with van der Waals surface area (Å²) in [5.74, 6) is 0.181. The largest absolute Gasteiger partial charge is 0.322 e. The first-order valence-electron chi connectivity index (χ1n) is 12.0. The molecule has 1 aliphatic heterocycles. The normalized spacial score (nSPS) is 15.3. The Morgan fingerprint density at radius 3 is 2.29 bits per heavy atom. The van der Waals surface area contributed by atoms with Crippen molar-refractivity contribution in [2.45, 2.75) is 38.1 Å². The number of hydrogen-bond acceptors (Lipinski definition) is 4. The van der Waals surface area contributed by atoms with Crippen molar-refractivity contribution in [3.05, 3.63) is 95.1 Å². The van der Waals surface area contributed by atoms with Crippen molar-refractivity contribution in [1.82, 2.24) is 9.21 Å². The van der Waals surface area contributed by atoms with Gasteiger partial charge in [-0.25, -0.2) is 8.42 Å². The highest BCUT2D eigenvalue weighted by molar-refractivity contribution is 7.89. The first-order chi connectivity index (χ1) is 16.7. The van der Waals surface area contributed by atoms with Crippen molar-refractivity contribution in [2.75, 3.05) is 31.5 Å². The highest BCUT2D eigenvalue weighted by Gasteiger charge is 2.28. The lowest BCUT2D eigenvalue weighted by molar-refractivity contribution is 0.102. The molecule has 35 heavy (non-hydrogen) atoms. The monoisotopic (exact) mass is 491 g/mol. The Labute approximate surface area is 208 Å². The Morgan fingerprint density at radius 1 is 0.914 bits per heavy atom. The van der Waals surface area contributed by atoms with E-state index in [1.54, 1.807) is 16.4 Å². The van der Waals surface area contributed by atoms with E-state index in [0.717, 1.165) is 22.4 Å². The summed E-state index contributed by atoms with van der Waals surface area (Å²) in [7, 11) is -3.48. The van der Waals surface area contributed by atoms with Gasteiger partial charge in [-0.15, -0.1) is 0 Å². The van der Waals surface area contributed by atoms with E-state index in [1.807, 2.05) is 67.6 Å². The highest BCUT2D eigenvalue weighted by Crippen LogP contribution is 2.24. The number of piperazine rings is 1. The molecule has 184 valence electrons. The summed E-state index contributed by atoms with van der Waals surface area (Å²) in [6, 6.07) is 22.5. The van der Waals surface area contributed by atoms with Gasteiger partial charge < -0.3 is 5.32 Å². The van der Waals surface area contributed by atoms with Crippen LogP contribution in [-0.2, 0) is 16.6 Å². The fourth-order valence-electron chi connectivity index (χ4n) is 4.37. The van der Waals surface area contributed by atoms with Gasteiger partial charge in [-0.05, 0) is 54.3 Å². The molecule has 1 N–H and O–H groups in total. The Hall–Kier alpha value is -3.00. The first-order valence-corrected chi connectivity index (χ1v) is 13.5. The third kappa shape index (κ3) is 5.99. The van der Waals surface area contributed by atoms with Crippen LogP contribution in [0.15, 0.2) is 77.7 Å². The van der Waals surface area contributed by atoms with E-state index in [9.17, 15) is 13.2 Å². The second-order valence-electron chi connectivity index (χ2n) is 9.39. The molecule has 0 radical (unpaired) electrons. The summed E-state index contributed by atoms with van der Waals surface area (Å²) in [6.07, 6.45) is 0. The number of nitrogens with one attached hydrogen (secondary N) is 1. The minimum absolute atomic E-state index is 0.131. The fourth-order valence-corrected chi connectivity index (χ4v) is 5.79. The molecule has 0 saturated carbocycles. The molecule has 1 saturated heterocycles. The molecule has 1 amide bonds. The quantitative estimate of drug-likeness (QED) is 0.512. The smallest absolute Gasteiger partial charge is 0.255 e. The van der Waals surface area contributed by atoms with Gasteiger partial charge in [-0.3, -0.25) is 9.69 Å². The van der Waals surface area contributed by atoms with Gasteiger partial charge in [0.05, 0.1) is 4.90 Å². The van der Waals surface area contributed by atoms with Gasteiger partial charge in [-0.2, -0.15) is 4.31 Å². The molecule has 1 aliphatic rings. The number of hydrogen-bond donors (Lipinski definition) is 1. The predicted octanol–water partition coefficient (Wildman–Crippen LogP) is 4.88. The molecule has 0 aromatic heterocycles. The average molecular weight is 492 g/mol. The van der Waals surface area contributed by atoms with E-state index in [0.29, 0.717) is 49.1 Å². The standard InChI is InChI=1S/C28H33N3O3S/c1-21(2)26-9-4-5-10-27(26)29-28(32)24-8-6-7-23(19-24)20-30-15-17-31(18-16-30)35(33,34)25-13-11-22(3)12-14-25/h4-14,19,21H,15-18,20H2,1-3H3,(H,29,32). The molecule has 6 nitrogen and oxygen atoms in total. The van der Waals surface area contributed by atoms with E-state index < -0.39 is 10.0 Å². The van der Waals surface area contributed by atoms with Crippen LogP contribution in [0.5, 0.6) is 0 Å². The molecule has 7 heteroatoms. The maximum Gasteiger partial charge on any atom is 0.255 e. The zero-order chi connectivity index (χ0) is 25.0. The summed E-state index contributed by atoms with van der Waals surface area (Å²) >= 11 is 0. The topological polar surface area (TPSA) is 69.7 Å². The molecule has 0 bridgehead atoms. The van der Waals surface area contributed by atoms with E-state index in [2.05, 4.69) is 24.1 Å². The zero-order valence-corrected chi connectivity index (χ0v) is 21.4. The summed E-state index contributed by atoms with van der Waals surface area (Å²) in [5, 5.41) is 3.05. The van der Waals surface area contributed by atoms with Crippen LogP contribution in [0.25, 0.3) is 0 Å². The Bertz CT molecular complexity index is 1280. The van der Waals surface area contributed by atoms with Crippen molar-refractivity contribution in [1.29, 1.82) is 0 Å². The van der Waals surface area contributed by atoms with E-state index in [-0.39, 0.29) is 5.91 Å². The van der Waals surface area contributed by atoms with Crippen LogP contribution in [0, 0.1) is 6.92 Å². The second kappa shape index (κ2) is 10.7. The lowest BCUT2D eigenvalue weighted by atomic mass is 10.0. The van der Waals surface area contributed by atoms with Crippen molar-refractivity contribution in [3.63, 3.8) is 0 Å². The van der Waals surface area contributed by atoms with Gasteiger partial charge in [0.2, 0.25) is 10.0 Å². The molecule has 0 atom stereocenters. The van der Waals surface area contributed by atoms with Gasteiger partial charge in [0, 0.05) is 44.0 Å². The highest BCUT2D eigenvalue weighted by atomic mass is 32.2. The summed E-state index contributed by atoms with van der Waals surface area (Å²) < 4.78 is 27.5. The number of carbonyl (C=O) groups is 1. The number of para-hydroxylation sites is 1. The van der Waals surface area contributed by atoms with Crippen LogP contribution in [-0.4, -0.2) is 49.7 Å². The molecule has 4 rings (SSSR count). The van der Waals surface area contributed by atoms with Crippen molar-refractivity contribution < 1.29 is 13.2 Å². The van der Waals surface area contributed by atoms with E-state index in [1.165, 1.54) is 0 Å². The minimum atomic E-state index is -3.48. The maximum absolute atomic E-state index is 13.0. The van der Waals surface area contributed by atoms with Crippen LogP contribution < -0.4 is 5.32 Å². The van der Waals surface area contributed by atoms with Gasteiger partial charge >= 0.3 is 0 Å². The SMILES string of the molecule is Cc1ccc(S(=O)(=O)N2CCN(Cc3cccc(C(=O)Nc4ccccc4C(C)C)c3)CC2)cc1. The lowest BCUT2D eigenvalue weighted by Gasteiger charge is -2.34. The maximum atomic E-state index is 13.0. The van der Waals surface area contributed by atoms with E-state index in [4.69, 9.17) is 0 Å². The Kier molecular flexibility index (Phi) is 7.69. The number of benzene rings is 3. The molecule has 1 fully saturated rings. The predicted molar refractivity (Wildman–Crippen MR) is 140 cm³/mol. The summed E-state index contributed by atoms with van der Waals surface area (Å²) in [6.45, 7) is 9.01. The third-order valence-electron chi connectivity index (χ3n) is 6.42. The van der Waals surface area contributed by atoms with Crippen LogP contribution in [0.2, 0.25) is 0 Å². The number of nitrogens with zero attached hydrogens (tertiary/aromatic N) is 2. The van der Waals surface area contributed by atoms with E-state index >= 15 is 0 Å². The first kappa shape index (κ1) is 25.1. The van der Waals surface area contributed by atoms with Gasteiger partial charge in [0.15, 0.2) is 0 Å². The van der Waals surface area contributed by atoms with Crippen LogP contribution in [0.3, 0.4) is 0 Å². The molecule has 3 aromatic rings. The fraction of sp³-hybridized carbons (Fsp3) is 0.321. The molecular formula is C28H33N3O3S. The molecular weight excluding hydrogens is 458 g/mol. The summed E-state index contributed by atoms with van der Waals surface area (Å²) in [5.41, 5.74) is 4.62. The van der Waals surface area contributed by atoms with Gasteiger partial charge in [0.25, 0.3) is 5.91 Å². The number of sulfonamides is 1. The molecule has 1 heterocycles. The molecule has 3 aromatic carbocycles. The number of carbonyl (C=O) groups excluding carboxylic acids is 1. The van der Waals surface area contributed by atoms with Crippen molar-refractivity contribution in [2.24, 2.45) is 0 Å². The number of amides is 1. The van der Waals surface area contributed by atoms with Crippen LogP contribution in [0.1, 0.15) is 46.8 Å².